The fraction of sp³-hybridized carbons (Fsp3) is 1.00. The molecule has 1 saturated heterocycles. The summed E-state index contributed by atoms with van der Waals surface area (Å²) >= 11 is 0. The van der Waals surface area contributed by atoms with Gasteiger partial charge in [-0.3, -0.25) is 0 Å². The minimum Gasteiger partial charge on any atom is -0.330 e. The van der Waals surface area contributed by atoms with Crippen molar-refractivity contribution in [1.82, 2.24) is 4.90 Å². The lowest BCUT2D eigenvalue weighted by Crippen LogP contribution is -2.36. The van der Waals surface area contributed by atoms with Crippen LogP contribution in [0.4, 0.5) is 0 Å². The molecule has 0 amide bonds. The van der Waals surface area contributed by atoms with Gasteiger partial charge >= 0.3 is 0 Å². The quantitative estimate of drug-likeness (QED) is 0.708. The lowest BCUT2D eigenvalue weighted by atomic mass is 9.72. The molecule has 0 aromatic heterocycles. The number of hydrogen-bond donors (Lipinski definition) is 1. The zero-order chi connectivity index (χ0) is 9.90. The lowest BCUT2D eigenvalue weighted by Gasteiger charge is -2.35. The molecular weight excluding hydrogens is 160 g/mol. The Morgan fingerprint density at radius 1 is 1.31 bits per heavy atom. The van der Waals surface area contributed by atoms with Crippen LogP contribution in [0.3, 0.4) is 0 Å². The van der Waals surface area contributed by atoms with Crippen LogP contribution in [0, 0.1) is 11.3 Å². The molecule has 2 heteroatoms. The highest BCUT2D eigenvalue weighted by Crippen LogP contribution is 2.37. The van der Waals surface area contributed by atoms with Crippen molar-refractivity contribution in [3.05, 3.63) is 0 Å². The first-order valence-electron chi connectivity index (χ1n) is 5.49. The number of nitrogens with two attached hydrogens (primary N) is 1. The van der Waals surface area contributed by atoms with Gasteiger partial charge in [-0.15, -0.1) is 0 Å². The largest absolute Gasteiger partial charge is 0.330 e. The topological polar surface area (TPSA) is 29.3 Å². The fourth-order valence-electron chi connectivity index (χ4n) is 2.37. The maximum atomic E-state index is 5.94. The second kappa shape index (κ2) is 4.43. The van der Waals surface area contributed by atoms with Gasteiger partial charge in [0.1, 0.15) is 0 Å². The van der Waals surface area contributed by atoms with Crippen LogP contribution in [0.1, 0.15) is 33.1 Å². The van der Waals surface area contributed by atoms with Crippen LogP contribution in [-0.2, 0) is 0 Å². The van der Waals surface area contributed by atoms with E-state index in [0.717, 1.165) is 12.5 Å². The fourth-order valence-corrected chi connectivity index (χ4v) is 2.37. The summed E-state index contributed by atoms with van der Waals surface area (Å²) in [5.41, 5.74) is 6.36. The Kier molecular flexibility index (Phi) is 3.74. The second-order valence-corrected chi connectivity index (χ2v) is 4.88. The second-order valence-electron chi connectivity index (χ2n) is 4.88. The Bertz CT molecular complexity index is 156. The van der Waals surface area contributed by atoms with Crippen molar-refractivity contribution >= 4 is 0 Å². The molecule has 0 aromatic carbocycles. The third-order valence-electron chi connectivity index (χ3n) is 3.84. The van der Waals surface area contributed by atoms with Crippen molar-refractivity contribution in [2.24, 2.45) is 17.1 Å². The summed E-state index contributed by atoms with van der Waals surface area (Å²) in [4.78, 5) is 2.43. The maximum absolute atomic E-state index is 5.94. The Labute approximate surface area is 82.5 Å². The Morgan fingerprint density at radius 3 is 2.54 bits per heavy atom. The molecule has 0 aliphatic carbocycles. The van der Waals surface area contributed by atoms with Crippen LogP contribution in [0.25, 0.3) is 0 Å². The molecule has 2 N–H and O–H groups in total. The van der Waals surface area contributed by atoms with Crippen molar-refractivity contribution in [1.29, 1.82) is 0 Å². The van der Waals surface area contributed by atoms with E-state index in [1.54, 1.807) is 0 Å². The molecule has 0 aromatic rings. The average molecular weight is 184 g/mol. The Hall–Kier alpha value is -0.0800. The van der Waals surface area contributed by atoms with Gasteiger partial charge in [0.25, 0.3) is 0 Å². The molecule has 0 bridgehead atoms. The van der Waals surface area contributed by atoms with Crippen molar-refractivity contribution in [2.45, 2.75) is 33.1 Å². The van der Waals surface area contributed by atoms with E-state index in [9.17, 15) is 0 Å². The highest BCUT2D eigenvalue weighted by molar-refractivity contribution is 4.86. The highest BCUT2D eigenvalue weighted by Gasteiger charge is 2.33. The molecule has 1 unspecified atom stereocenters. The van der Waals surface area contributed by atoms with Crippen molar-refractivity contribution in [3.8, 4) is 0 Å². The predicted molar refractivity (Wildman–Crippen MR) is 57.7 cm³/mol. The third-order valence-corrected chi connectivity index (χ3v) is 3.84. The zero-order valence-corrected chi connectivity index (χ0v) is 9.34. The van der Waals surface area contributed by atoms with Crippen LogP contribution in [0.5, 0.6) is 0 Å². The van der Waals surface area contributed by atoms with Gasteiger partial charge in [0, 0.05) is 0 Å². The monoisotopic (exact) mass is 184 g/mol. The van der Waals surface area contributed by atoms with Gasteiger partial charge in [-0.05, 0) is 57.3 Å². The summed E-state index contributed by atoms with van der Waals surface area (Å²) in [6.07, 6.45) is 3.90. The standard InChI is InChI=1S/C11H24N2/c1-10(2)11(9-12)5-4-7-13(3)8-6-11/h10H,4-9,12H2,1-3H3. The van der Waals surface area contributed by atoms with Crippen molar-refractivity contribution in [2.75, 3.05) is 26.7 Å². The van der Waals surface area contributed by atoms with Crippen LogP contribution < -0.4 is 5.73 Å². The highest BCUT2D eigenvalue weighted by atomic mass is 15.1. The number of likely N-dealkylation sites (tertiary alicyclic amines) is 1. The van der Waals surface area contributed by atoms with Crippen molar-refractivity contribution in [3.63, 3.8) is 0 Å². The normalized spacial score (nSPS) is 32.1. The van der Waals surface area contributed by atoms with E-state index in [1.807, 2.05) is 0 Å². The molecule has 0 spiro atoms. The summed E-state index contributed by atoms with van der Waals surface area (Å²) in [5, 5.41) is 0. The summed E-state index contributed by atoms with van der Waals surface area (Å²) in [6.45, 7) is 7.96. The number of nitrogens with zero attached hydrogens (tertiary/aromatic N) is 1. The van der Waals surface area contributed by atoms with E-state index in [2.05, 4.69) is 25.8 Å². The van der Waals surface area contributed by atoms with E-state index >= 15 is 0 Å². The van der Waals surface area contributed by atoms with Gasteiger partial charge in [0.15, 0.2) is 0 Å². The molecular formula is C11H24N2. The molecule has 1 aliphatic heterocycles. The summed E-state index contributed by atoms with van der Waals surface area (Å²) in [6, 6.07) is 0. The molecule has 1 heterocycles. The third kappa shape index (κ3) is 2.44. The number of rotatable bonds is 2. The van der Waals surface area contributed by atoms with E-state index in [-0.39, 0.29) is 0 Å². The average Bonchev–Trinajstić information content (AvgIpc) is 2.28. The molecule has 1 atom stereocenters. The SMILES string of the molecule is CC(C)C1(CN)CCCN(C)CC1. The molecule has 1 fully saturated rings. The zero-order valence-electron chi connectivity index (χ0n) is 9.34. The van der Waals surface area contributed by atoms with Gasteiger partial charge < -0.3 is 10.6 Å². The van der Waals surface area contributed by atoms with Gasteiger partial charge in [0.2, 0.25) is 0 Å². The van der Waals surface area contributed by atoms with Gasteiger partial charge in [-0.1, -0.05) is 13.8 Å². The molecule has 0 saturated carbocycles. The first-order chi connectivity index (χ1) is 6.10. The summed E-state index contributed by atoms with van der Waals surface area (Å²) < 4.78 is 0. The van der Waals surface area contributed by atoms with E-state index in [1.165, 1.54) is 32.4 Å². The van der Waals surface area contributed by atoms with Gasteiger partial charge in [-0.25, -0.2) is 0 Å². The van der Waals surface area contributed by atoms with Gasteiger partial charge in [0.05, 0.1) is 0 Å². The molecule has 1 rings (SSSR count). The minimum absolute atomic E-state index is 0.421. The first kappa shape index (κ1) is 11.0. The van der Waals surface area contributed by atoms with Gasteiger partial charge in [-0.2, -0.15) is 0 Å². The molecule has 0 radical (unpaired) electrons. The molecule has 13 heavy (non-hydrogen) atoms. The minimum atomic E-state index is 0.421. The summed E-state index contributed by atoms with van der Waals surface area (Å²) in [5.74, 6) is 0.726. The Morgan fingerprint density at radius 2 is 2.00 bits per heavy atom. The smallest absolute Gasteiger partial charge is 0.00159 e. The Balaban J connectivity index is 2.64. The molecule has 1 aliphatic rings. The van der Waals surface area contributed by atoms with Crippen LogP contribution in [0.2, 0.25) is 0 Å². The summed E-state index contributed by atoms with van der Waals surface area (Å²) in [7, 11) is 2.22. The van der Waals surface area contributed by atoms with E-state index in [0.29, 0.717) is 5.41 Å². The van der Waals surface area contributed by atoms with Crippen LogP contribution >= 0.6 is 0 Å². The maximum Gasteiger partial charge on any atom is -0.00159 e. The van der Waals surface area contributed by atoms with Crippen molar-refractivity contribution < 1.29 is 0 Å². The predicted octanol–water partition coefficient (Wildman–Crippen LogP) is 1.70. The van der Waals surface area contributed by atoms with Crippen LogP contribution in [-0.4, -0.2) is 31.6 Å². The molecule has 2 nitrogen and oxygen atoms in total. The number of hydrogen-bond acceptors (Lipinski definition) is 2. The van der Waals surface area contributed by atoms with E-state index in [4.69, 9.17) is 5.73 Å². The lowest BCUT2D eigenvalue weighted by molar-refractivity contribution is 0.167. The van der Waals surface area contributed by atoms with E-state index < -0.39 is 0 Å². The molecule has 78 valence electrons. The first-order valence-corrected chi connectivity index (χ1v) is 5.49. The van der Waals surface area contributed by atoms with Crippen LogP contribution in [0.15, 0.2) is 0 Å².